The summed E-state index contributed by atoms with van der Waals surface area (Å²) in [4.78, 5) is 10.9. The topological polar surface area (TPSA) is 69.2 Å². The number of carbonyl (C=O) groups excluding carboxylic acids is 1. The third-order valence-corrected chi connectivity index (χ3v) is 5.19. The number of amides is 1. The van der Waals surface area contributed by atoms with Crippen molar-refractivity contribution in [3.05, 3.63) is 53.6 Å². The molecule has 0 unspecified atom stereocenters. The fourth-order valence-corrected chi connectivity index (χ4v) is 3.66. The summed E-state index contributed by atoms with van der Waals surface area (Å²) in [5.41, 5.74) is 4.58. The lowest BCUT2D eigenvalue weighted by Gasteiger charge is -2.22. The van der Waals surface area contributed by atoms with Crippen molar-refractivity contribution in [2.75, 3.05) is 20.3 Å². The van der Waals surface area contributed by atoms with E-state index in [-0.39, 0.29) is 5.91 Å². The van der Waals surface area contributed by atoms with E-state index in [0.717, 1.165) is 11.3 Å². The minimum atomic E-state index is -0.221. The van der Waals surface area contributed by atoms with Crippen LogP contribution in [-0.4, -0.2) is 32.4 Å². The van der Waals surface area contributed by atoms with Crippen molar-refractivity contribution >= 4 is 12.1 Å². The van der Waals surface area contributed by atoms with Crippen LogP contribution < -0.4 is 19.6 Å². The molecule has 1 aliphatic carbocycles. The lowest BCUT2D eigenvalue weighted by Crippen LogP contribution is -2.12. The van der Waals surface area contributed by atoms with E-state index in [1.54, 1.807) is 19.4 Å². The van der Waals surface area contributed by atoms with E-state index in [0.29, 0.717) is 30.6 Å². The second-order valence-corrected chi connectivity index (χ2v) is 7.44. The highest BCUT2D eigenvalue weighted by molar-refractivity contribution is 5.82. The number of hydrogen-bond donors (Lipinski definition) is 1. The van der Waals surface area contributed by atoms with Crippen LogP contribution in [0.4, 0.5) is 0 Å². The van der Waals surface area contributed by atoms with Gasteiger partial charge in [-0.2, -0.15) is 5.10 Å². The van der Waals surface area contributed by atoms with Gasteiger partial charge in [0.05, 0.1) is 13.3 Å². The van der Waals surface area contributed by atoms with E-state index in [1.807, 2.05) is 24.3 Å². The first-order valence-corrected chi connectivity index (χ1v) is 10.5. The van der Waals surface area contributed by atoms with E-state index in [1.165, 1.54) is 44.6 Å². The zero-order chi connectivity index (χ0) is 21.2. The van der Waals surface area contributed by atoms with Crippen LogP contribution in [0, 0.1) is 0 Å². The molecular formula is C24H30N2O4. The average Bonchev–Trinajstić information content (AvgIpc) is 2.78. The summed E-state index contributed by atoms with van der Waals surface area (Å²) in [5.74, 6) is 2.57. The van der Waals surface area contributed by atoms with Gasteiger partial charge < -0.3 is 14.2 Å². The van der Waals surface area contributed by atoms with Gasteiger partial charge in [-0.05, 0) is 60.2 Å². The Kier molecular flexibility index (Phi) is 8.12. The van der Waals surface area contributed by atoms with Crippen LogP contribution >= 0.6 is 0 Å². The highest BCUT2D eigenvalue weighted by Crippen LogP contribution is 2.33. The predicted octanol–water partition coefficient (Wildman–Crippen LogP) is 4.67. The zero-order valence-corrected chi connectivity index (χ0v) is 17.7. The van der Waals surface area contributed by atoms with E-state index >= 15 is 0 Å². The van der Waals surface area contributed by atoms with E-state index in [9.17, 15) is 4.79 Å². The lowest BCUT2D eigenvalue weighted by molar-refractivity contribution is -0.118. The van der Waals surface area contributed by atoms with Crippen molar-refractivity contribution in [1.82, 2.24) is 5.43 Å². The summed E-state index contributed by atoms with van der Waals surface area (Å²) in [6.45, 7) is 2.25. The molecule has 30 heavy (non-hydrogen) atoms. The number of carbonyl (C=O) groups is 1. The Labute approximate surface area is 178 Å². The molecule has 2 aromatic rings. The summed E-state index contributed by atoms with van der Waals surface area (Å²) < 4.78 is 17.0. The molecule has 1 saturated carbocycles. The molecule has 0 heterocycles. The molecule has 0 atom stereocenters. The number of ether oxygens (including phenoxy) is 3. The Balaban J connectivity index is 1.46. The van der Waals surface area contributed by atoms with Crippen molar-refractivity contribution in [3.63, 3.8) is 0 Å². The minimum absolute atomic E-state index is 0.221. The van der Waals surface area contributed by atoms with E-state index in [4.69, 9.17) is 14.2 Å². The van der Waals surface area contributed by atoms with Crippen LogP contribution in [0.2, 0.25) is 0 Å². The zero-order valence-electron chi connectivity index (χ0n) is 17.7. The third kappa shape index (κ3) is 6.51. The molecule has 0 aliphatic heterocycles. The quantitative estimate of drug-likeness (QED) is 0.370. The Hall–Kier alpha value is -3.02. The van der Waals surface area contributed by atoms with Crippen LogP contribution in [0.1, 0.15) is 56.1 Å². The summed E-state index contributed by atoms with van der Waals surface area (Å²) in [7, 11) is 1.58. The molecule has 1 amide bonds. The number of nitrogens with one attached hydrogen (secondary N) is 1. The summed E-state index contributed by atoms with van der Waals surface area (Å²) in [6, 6.07) is 13.9. The number of rotatable bonds is 9. The molecule has 2 aromatic carbocycles. The van der Waals surface area contributed by atoms with Crippen LogP contribution in [-0.2, 0) is 4.79 Å². The monoisotopic (exact) mass is 410 g/mol. The molecule has 0 bridgehead atoms. The molecule has 1 fully saturated rings. The van der Waals surface area contributed by atoms with Gasteiger partial charge in [-0.25, -0.2) is 5.43 Å². The third-order valence-electron chi connectivity index (χ3n) is 5.19. The van der Waals surface area contributed by atoms with Gasteiger partial charge in [0.1, 0.15) is 19.0 Å². The molecule has 6 nitrogen and oxygen atoms in total. The molecule has 0 saturated heterocycles. The Morgan fingerprint density at radius 3 is 2.47 bits per heavy atom. The largest absolute Gasteiger partial charge is 0.493 e. The van der Waals surface area contributed by atoms with Crippen molar-refractivity contribution in [2.24, 2.45) is 5.10 Å². The molecule has 3 rings (SSSR count). The molecule has 0 aromatic heterocycles. The van der Waals surface area contributed by atoms with E-state index < -0.39 is 0 Å². The van der Waals surface area contributed by atoms with Gasteiger partial charge in [0, 0.05) is 6.92 Å². The van der Waals surface area contributed by atoms with Crippen LogP contribution in [0.15, 0.2) is 47.6 Å². The van der Waals surface area contributed by atoms with Crippen LogP contribution in [0.5, 0.6) is 17.2 Å². The van der Waals surface area contributed by atoms with Gasteiger partial charge in [0.25, 0.3) is 0 Å². The molecule has 1 N–H and O–H groups in total. The van der Waals surface area contributed by atoms with Gasteiger partial charge in [0.2, 0.25) is 5.91 Å². The molecule has 160 valence electrons. The Morgan fingerprint density at radius 2 is 1.77 bits per heavy atom. The highest BCUT2D eigenvalue weighted by atomic mass is 16.5. The van der Waals surface area contributed by atoms with Gasteiger partial charge in [-0.1, -0.05) is 31.4 Å². The minimum Gasteiger partial charge on any atom is -0.493 e. The first-order valence-electron chi connectivity index (χ1n) is 10.5. The van der Waals surface area contributed by atoms with Crippen molar-refractivity contribution in [2.45, 2.75) is 44.9 Å². The molecule has 1 aliphatic rings. The van der Waals surface area contributed by atoms with E-state index in [2.05, 4.69) is 22.7 Å². The van der Waals surface area contributed by atoms with Gasteiger partial charge in [-0.3, -0.25) is 4.79 Å². The van der Waals surface area contributed by atoms with Crippen molar-refractivity contribution < 1.29 is 19.0 Å². The maximum atomic E-state index is 10.9. The van der Waals surface area contributed by atoms with Gasteiger partial charge in [0.15, 0.2) is 11.5 Å². The lowest BCUT2D eigenvalue weighted by atomic mass is 9.84. The number of benzene rings is 2. The van der Waals surface area contributed by atoms with Gasteiger partial charge in [-0.15, -0.1) is 0 Å². The smallest absolute Gasteiger partial charge is 0.236 e. The second kappa shape index (κ2) is 11.2. The second-order valence-electron chi connectivity index (χ2n) is 7.44. The van der Waals surface area contributed by atoms with Crippen molar-refractivity contribution in [3.8, 4) is 17.2 Å². The standard InChI is InChI=1S/C24H30N2O4/c1-18(27)26-25-17-19-8-13-23(24(16-19)28-2)30-15-14-29-22-11-9-21(10-12-22)20-6-4-3-5-7-20/h8-13,16-17,20H,3-7,14-15H2,1-2H3,(H,26,27). The maximum absolute atomic E-state index is 10.9. The molecule has 0 radical (unpaired) electrons. The Bertz CT molecular complexity index is 843. The highest BCUT2D eigenvalue weighted by Gasteiger charge is 2.15. The van der Waals surface area contributed by atoms with Crippen molar-refractivity contribution in [1.29, 1.82) is 0 Å². The first kappa shape index (κ1) is 21.7. The molecule has 6 heteroatoms. The first-order chi connectivity index (χ1) is 14.7. The predicted molar refractivity (Wildman–Crippen MR) is 118 cm³/mol. The summed E-state index contributed by atoms with van der Waals surface area (Å²) in [5, 5.41) is 3.85. The fraction of sp³-hybridized carbons (Fsp3) is 0.417. The average molecular weight is 411 g/mol. The normalized spacial score (nSPS) is 14.5. The van der Waals surface area contributed by atoms with Crippen LogP contribution in [0.25, 0.3) is 0 Å². The summed E-state index contributed by atoms with van der Waals surface area (Å²) in [6.07, 6.45) is 8.20. The number of nitrogens with zero attached hydrogens (tertiary/aromatic N) is 1. The van der Waals surface area contributed by atoms with Gasteiger partial charge >= 0.3 is 0 Å². The maximum Gasteiger partial charge on any atom is 0.236 e. The molecule has 0 spiro atoms. The van der Waals surface area contributed by atoms with Crippen LogP contribution in [0.3, 0.4) is 0 Å². The summed E-state index contributed by atoms with van der Waals surface area (Å²) >= 11 is 0. The fourth-order valence-electron chi connectivity index (χ4n) is 3.66. The SMILES string of the molecule is COc1cc(C=NNC(C)=O)ccc1OCCOc1ccc(C2CCCCC2)cc1. The number of hydrazone groups is 1. The number of hydrogen-bond acceptors (Lipinski definition) is 5. The molecular weight excluding hydrogens is 380 g/mol. The Morgan fingerprint density at radius 1 is 1.03 bits per heavy atom. The number of methoxy groups -OCH3 is 1.